The molecule has 0 aromatic rings. The Balaban J connectivity index is 3.31. The Kier molecular flexibility index (Phi) is 7.89. The fourth-order valence-corrected chi connectivity index (χ4v) is 1.06. The van der Waals surface area contributed by atoms with Gasteiger partial charge in [0, 0.05) is 26.4 Å². The minimum Gasteiger partial charge on any atom is -0.359 e. The first kappa shape index (κ1) is 12.9. The third-order valence-electron chi connectivity index (χ3n) is 1.96. The van der Waals surface area contributed by atoms with Gasteiger partial charge in [-0.1, -0.05) is 19.8 Å². The van der Waals surface area contributed by atoms with Gasteiger partial charge in [0.05, 0.1) is 0 Å². The van der Waals surface area contributed by atoms with Gasteiger partial charge >= 0.3 is 0 Å². The zero-order chi connectivity index (χ0) is 10.8. The molecule has 0 bridgehead atoms. The molecule has 0 radical (unpaired) electrons. The number of amides is 2. The molecule has 2 amide bonds. The first-order chi connectivity index (χ1) is 6.70. The summed E-state index contributed by atoms with van der Waals surface area (Å²) < 4.78 is 0. The van der Waals surface area contributed by atoms with Gasteiger partial charge in [-0.05, 0) is 6.42 Å². The molecule has 0 fully saturated rings. The average Bonchev–Trinajstić information content (AvgIpc) is 2.18. The van der Waals surface area contributed by atoms with Crippen molar-refractivity contribution in [1.82, 2.24) is 10.6 Å². The minimum atomic E-state index is -0.0427. The summed E-state index contributed by atoms with van der Waals surface area (Å²) >= 11 is 0. The van der Waals surface area contributed by atoms with Crippen molar-refractivity contribution in [2.75, 3.05) is 13.6 Å². The molecule has 0 saturated carbocycles. The Morgan fingerprint density at radius 1 is 1.07 bits per heavy atom. The van der Waals surface area contributed by atoms with E-state index in [-0.39, 0.29) is 11.8 Å². The molecule has 4 nitrogen and oxygen atoms in total. The maximum absolute atomic E-state index is 11.1. The standard InChI is InChI=1S/C10H20N2O2/c1-3-4-5-6-10(14)12-8-7-9(13)11-2/h3-8H2,1-2H3,(H,11,13)(H,12,14). The van der Waals surface area contributed by atoms with E-state index in [1.165, 1.54) is 0 Å². The molecule has 4 heteroatoms. The van der Waals surface area contributed by atoms with Gasteiger partial charge in [0.2, 0.25) is 11.8 Å². The number of hydrogen-bond acceptors (Lipinski definition) is 2. The summed E-state index contributed by atoms with van der Waals surface area (Å²) in [5.41, 5.74) is 0. The fraction of sp³-hybridized carbons (Fsp3) is 0.800. The molecule has 0 spiro atoms. The van der Waals surface area contributed by atoms with Gasteiger partial charge in [-0.2, -0.15) is 0 Å². The van der Waals surface area contributed by atoms with Gasteiger partial charge in [-0.25, -0.2) is 0 Å². The van der Waals surface area contributed by atoms with Crippen LogP contribution in [0.3, 0.4) is 0 Å². The number of rotatable bonds is 7. The van der Waals surface area contributed by atoms with E-state index in [9.17, 15) is 9.59 Å². The highest BCUT2D eigenvalue weighted by molar-refractivity contribution is 5.78. The molecular formula is C10H20N2O2. The normalized spacial score (nSPS) is 9.57. The van der Waals surface area contributed by atoms with E-state index in [0.717, 1.165) is 19.3 Å². The summed E-state index contributed by atoms with van der Waals surface area (Å²) in [5.74, 6) is 0.00112. The number of nitrogens with one attached hydrogen (secondary N) is 2. The van der Waals surface area contributed by atoms with Crippen molar-refractivity contribution in [3.05, 3.63) is 0 Å². The van der Waals surface area contributed by atoms with E-state index in [1.54, 1.807) is 7.05 Å². The fourth-order valence-electron chi connectivity index (χ4n) is 1.06. The van der Waals surface area contributed by atoms with Crippen molar-refractivity contribution in [3.63, 3.8) is 0 Å². The van der Waals surface area contributed by atoms with Gasteiger partial charge in [-0.3, -0.25) is 9.59 Å². The lowest BCUT2D eigenvalue weighted by atomic mass is 10.2. The number of hydrogen-bond donors (Lipinski definition) is 2. The molecule has 82 valence electrons. The van der Waals surface area contributed by atoms with Crippen molar-refractivity contribution in [2.45, 2.75) is 39.0 Å². The Morgan fingerprint density at radius 2 is 1.79 bits per heavy atom. The Morgan fingerprint density at radius 3 is 2.36 bits per heavy atom. The minimum absolute atomic E-state index is 0.0427. The van der Waals surface area contributed by atoms with Gasteiger partial charge in [0.15, 0.2) is 0 Å². The molecule has 0 atom stereocenters. The second-order valence-electron chi connectivity index (χ2n) is 3.23. The second-order valence-corrected chi connectivity index (χ2v) is 3.23. The van der Waals surface area contributed by atoms with Crippen LogP contribution in [0.25, 0.3) is 0 Å². The third kappa shape index (κ3) is 7.58. The van der Waals surface area contributed by atoms with E-state index in [2.05, 4.69) is 17.6 Å². The van der Waals surface area contributed by atoms with Crippen LogP contribution in [0.4, 0.5) is 0 Å². The Bertz CT molecular complexity index is 181. The number of carbonyl (C=O) groups is 2. The van der Waals surface area contributed by atoms with Gasteiger partial charge in [-0.15, -0.1) is 0 Å². The zero-order valence-corrected chi connectivity index (χ0v) is 9.06. The average molecular weight is 200 g/mol. The van der Waals surface area contributed by atoms with Crippen molar-refractivity contribution in [1.29, 1.82) is 0 Å². The van der Waals surface area contributed by atoms with E-state index in [0.29, 0.717) is 19.4 Å². The van der Waals surface area contributed by atoms with Crippen LogP contribution in [0.15, 0.2) is 0 Å². The van der Waals surface area contributed by atoms with E-state index in [4.69, 9.17) is 0 Å². The lowest BCUT2D eigenvalue weighted by Crippen LogP contribution is -2.28. The second kappa shape index (κ2) is 8.53. The van der Waals surface area contributed by atoms with Gasteiger partial charge in [0.25, 0.3) is 0 Å². The first-order valence-corrected chi connectivity index (χ1v) is 5.18. The third-order valence-corrected chi connectivity index (χ3v) is 1.96. The van der Waals surface area contributed by atoms with Crippen LogP contribution in [0.2, 0.25) is 0 Å². The molecule has 0 heterocycles. The molecule has 0 aliphatic heterocycles. The van der Waals surface area contributed by atoms with Crippen LogP contribution in [0.5, 0.6) is 0 Å². The smallest absolute Gasteiger partial charge is 0.221 e. The Labute approximate surface area is 85.4 Å². The molecule has 0 aliphatic rings. The lowest BCUT2D eigenvalue weighted by Gasteiger charge is -2.03. The van der Waals surface area contributed by atoms with E-state index < -0.39 is 0 Å². The molecule has 0 aliphatic carbocycles. The molecule has 2 N–H and O–H groups in total. The molecule has 0 unspecified atom stereocenters. The van der Waals surface area contributed by atoms with Crippen molar-refractivity contribution in [3.8, 4) is 0 Å². The van der Waals surface area contributed by atoms with Crippen LogP contribution in [0, 0.1) is 0 Å². The summed E-state index contributed by atoms with van der Waals surface area (Å²) in [7, 11) is 1.59. The first-order valence-electron chi connectivity index (χ1n) is 5.18. The highest BCUT2D eigenvalue weighted by Crippen LogP contribution is 1.97. The van der Waals surface area contributed by atoms with Crippen LogP contribution >= 0.6 is 0 Å². The maximum Gasteiger partial charge on any atom is 0.221 e. The van der Waals surface area contributed by atoms with E-state index in [1.807, 2.05) is 0 Å². The lowest BCUT2D eigenvalue weighted by molar-refractivity contribution is -0.122. The zero-order valence-electron chi connectivity index (χ0n) is 9.06. The van der Waals surface area contributed by atoms with Crippen LogP contribution in [-0.2, 0) is 9.59 Å². The predicted molar refractivity (Wildman–Crippen MR) is 55.8 cm³/mol. The summed E-state index contributed by atoms with van der Waals surface area (Å²) in [5, 5.41) is 5.21. The Hall–Kier alpha value is -1.06. The molecule has 0 aromatic heterocycles. The molecule has 0 rings (SSSR count). The summed E-state index contributed by atoms with van der Waals surface area (Å²) in [4.78, 5) is 21.9. The molecule has 14 heavy (non-hydrogen) atoms. The van der Waals surface area contributed by atoms with Crippen molar-refractivity contribution in [2.24, 2.45) is 0 Å². The molecule has 0 aromatic carbocycles. The summed E-state index contributed by atoms with van der Waals surface area (Å²) in [6, 6.07) is 0. The van der Waals surface area contributed by atoms with Crippen molar-refractivity contribution >= 4 is 11.8 Å². The highest BCUT2D eigenvalue weighted by atomic mass is 16.2. The molecular weight excluding hydrogens is 180 g/mol. The quantitative estimate of drug-likeness (QED) is 0.598. The topological polar surface area (TPSA) is 58.2 Å². The SMILES string of the molecule is CCCCCC(=O)NCCC(=O)NC. The van der Waals surface area contributed by atoms with Crippen LogP contribution < -0.4 is 10.6 Å². The van der Waals surface area contributed by atoms with E-state index >= 15 is 0 Å². The number of unbranched alkanes of at least 4 members (excludes halogenated alkanes) is 2. The van der Waals surface area contributed by atoms with Crippen LogP contribution in [-0.4, -0.2) is 25.4 Å². The summed E-state index contributed by atoms with van der Waals surface area (Å²) in [6.07, 6.45) is 4.06. The van der Waals surface area contributed by atoms with Gasteiger partial charge < -0.3 is 10.6 Å². The summed E-state index contributed by atoms with van der Waals surface area (Å²) in [6.45, 7) is 2.54. The highest BCUT2D eigenvalue weighted by Gasteiger charge is 2.01. The monoisotopic (exact) mass is 200 g/mol. The number of carbonyl (C=O) groups excluding carboxylic acids is 2. The predicted octanol–water partition coefficient (Wildman–Crippen LogP) is 0.819. The van der Waals surface area contributed by atoms with Gasteiger partial charge in [0.1, 0.15) is 0 Å². The molecule has 0 saturated heterocycles. The van der Waals surface area contributed by atoms with Crippen LogP contribution in [0.1, 0.15) is 39.0 Å². The van der Waals surface area contributed by atoms with Crippen molar-refractivity contribution < 1.29 is 9.59 Å². The maximum atomic E-state index is 11.1. The largest absolute Gasteiger partial charge is 0.359 e.